The molecule has 0 aliphatic heterocycles. The number of fused-ring (bicyclic) bond motifs is 4. The Bertz CT molecular complexity index is 2510. The second-order valence-electron chi connectivity index (χ2n) is 13.7. The van der Waals surface area contributed by atoms with Gasteiger partial charge in [-0.05, 0) is 30.5 Å². The van der Waals surface area contributed by atoms with E-state index in [0.29, 0.717) is 11.3 Å². The minimum absolute atomic E-state index is 0. The quantitative estimate of drug-likeness (QED) is 0.123. The maximum Gasteiger partial charge on any atom is 0 e. The number of aryl methyl sites for hydroxylation is 1. The second-order valence-corrected chi connectivity index (χ2v) is 24.2. The summed E-state index contributed by atoms with van der Waals surface area (Å²) in [5, 5.41) is 2.22. The van der Waals surface area contributed by atoms with Crippen molar-refractivity contribution in [2.24, 2.45) is 0 Å². The third kappa shape index (κ3) is 7.10. The summed E-state index contributed by atoms with van der Waals surface area (Å²) in [7, 11) is 0. The van der Waals surface area contributed by atoms with E-state index in [2.05, 4.69) is 107 Å². The first-order valence-electron chi connectivity index (χ1n) is 17.5. The van der Waals surface area contributed by atoms with Gasteiger partial charge >= 0.3 is 125 Å². The molecule has 0 saturated carbocycles. The Morgan fingerprint density at radius 2 is 1.63 bits per heavy atom. The normalized spacial score (nSPS) is 12.0. The summed E-state index contributed by atoms with van der Waals surface area (Å²) in [5.74, 6) is 6.67. The standard InChI is InChI=1S/C27H19N2O.C17H21FGeN.Ir/c1-2-29-23-14-8-7-13-22(23)28-27(29)21-17-16-19(18-10-4-3-5-11-18)25-20-12-6-9-15-24(20)30-26(21)25;1-12(2)14-10-17(13-8-6-7-9-15(13)18)20-11-16(14)19(3,4)5;/h3-16H,2H2,1H3;6-7,9-12H,1-5H3;/q2*-1;/i;12D;. The molecule has 8 rings (SSSR count). The molecule has 3 aromatic heterocycles. The van der Waals surface area contributed by atoms with Crippen LogP contribution in [0.3, 0.4) is 0 Å². The number of imidazole rings is 1. The van der Waals surface area contributed by atoms with E-state index in [-0.39, 0.29) is 25.9 Å². The van der Waals surface area contributed by atoms with Crippen molar-refractivity contribution in [3.8, 4) is 33.8 Å². The van der Waals surface area contributed by atoms with E-state index in [4.69, 9.17) is 10.8 Å². The van der Waals surface area contributed by atoms with E-state index in [0.717, 1.165) is 67.6 Å². The number of halogens is 1. The van der Waals surface area contributed by atoms with E-state index in [9.17, 15) is 4.39 Å². The van der Waals surface area contributed by atoms with Gasteiger partial charge in [0.2, 0.25) is 0 Å². The molecule has 8 aromatic rings. The Kier molecular flexibility index (Phi) is 10.4. The van der Waals surface area contributed by atoms with Gasteiger partial charge in [0.1, 0.15) is 5.58 Å². The van der Waals surface area contributed by atoms with Crippen LogP contribution in [0.4, 0.5) is 4.39 Å². The number of benzene rings is 5. The van der Waals surface area contributed by atoms with Gasteiger partial charge in [-0.15, -0.1) is 12.1 Å². The van der Waals surface area contributed by atoms with Crippen LogP contribution in [0.1, 0.15) is 33.6 Å². The fourth-order valence-electron chi connectivity index (χ4n) is 6.58. The predicted molar refractivity (Wildman–Crippen MR) is 208 cm³/mol. The molecule has 3 heterocycles. The Hall–Kier alpha value is -4.36. The van der Waals surface area contributed by atoms with Gasteiger partial charge in [0.05, 0.1) is 22.4 Å². The molecule has 7 heteroatoms. The fourth-order valence-corrected chi connectivity index (χ4v) is 9.90. The third-order valence-electron chi connectivity index (χ3n) is 9.04. The van der Waals surface area contributed by atoms with Gasteiger partial charge in [0.15, 0.2) is 0 Å². The largest absolute Gasteiger partial charge is 0 e. The molecule has 0 bridgehead atoms. The molecule has 0 aliphatic rings. The topological polar surface area (TPSA) is 43.9 Å². The van der Waals surface area contributed by atoms with E-state index in [1.165, 1.54) is 10.5 Å². The van der Waals surface area contributed by atoms with E-state index < -0.39 is 19.2 Å². The molecule has 0 unspecified atom stereocenters. The molecule has 259 valence electrons. The SMILES string of the molecule is CCn1c(-c2[c-]cc(-c3ccccc3)c3c2oc2ccccc23)nc2ccccc21.[2H]C(C)(C)c1cc(-c2[c-]cccc2F)nc[c]1[Ge]([CH3])([CH3])[CH3].[Ir]. The Balaban J connectivity index is 0.000000187. The minimum Gasteiger partial charge on any atom is 0 e. The van der Waals surface area contributed by atoms with Crippen LogP contribution in [0.5, 0.6) is 0 Å². The maximum atomic E-state index is 13.9. The summed E-state index contributed by atoms with van der Waals surface area (Å²) in [5.41, 5.74) is 8.89. The smallest absolute Gasteiger partial charge is 0 e. The van der Waals surface area contributed by atoms with E-state index in [1.807, 2.05) is 50.4 Å². The molecule has 0 saturated heterocycles. The number of pyridine rings is 1. The van der Waals surface area contributed by atoms with Crippen molar-refractivity contribution < 1.29 is 30.3 Å². The molecular weight excluding hydrogens is 870 g/mol. The summed E-state index contributed by atoms with van der Waals surface area (Å²) >= 11 is -2.14. The number of hydrogen-bond acceptors (Lipinski definition) is 3. The van der Waals surface area contributed by atoms with E-state index in [1.54, 1.807) is 12.1 Å². The first-order valence-corrected chi connectivity index (χ1v) is 24.3. The minimum atomic E-state index is -2.14. The first-order chi connectivity index (χ1) is 24.5. The molecule has 0 fully saturated rings. The van der Waals surface area contributed by atoms with Gasteiger partial charge in [-0.1, -0.05) is 77.4 Å². The molecule has 0 atom stereocenters. The van der Waals surface area contributed by atoms with Crippen molar-refractivity contribution in [1.82, 2.24) is 14.5 Å². The zero-order valence-corrected chi connectivity index (χ0v) is 34.1. The summed E-state index contributed by atoms with van der Waals surface area (Å²) in [4.78, 5) is 9.39. The van der Waals surface area contributed by atoms with Crippen LogP contribution in [0.2, 0.25) is 17.3 Å². The molecule has 0 N–H and O–H groups in total. The van der Waals surface area contributed by atoms with Crippen LogP contribution in [0.15, 0.2) is 120 Å². The van der Waals surface area contributed by atoms with Crippen molar-refractivity contribution in [3.05, 3.63) is 139 Å². The summed E-state index contributed by atoms with van der Waals surface area (Å²) < 4.78 is 32.2. The summed E-state index contributed by atoms with van der Waals surface area (Å²) in [6.07, 6.45) is 1.85. The van der Waals surface area contributed by atoms with Crippen molar-refractivity contribution >= 4 is 50.6 Å². The molecule has 51 heavy (non-hydrogen) atoms. The molecule has 1 radical (unpaired) electrons. The van der Waals surface area contributed by atoms with Gasteiger partial charge in [-0.3, -0.25) is 4.98 Å². The number of hydrogen-bond donors (Lipinski definition) is 0. The monoisotopic (exact) mass is 913 g/mol. The number of para-hydroxylation sites is 3. The Morgan fingerprint density at radius 1 is 0.902 bits per heavy atom. The molecule has 0 spiro atoms. The average Bonchev–Trinajstić information content (AvgIpc) is 3.70. The first kappa shape index (κ1) is 35.1. The van der Waals surface area contributed by atoms with Crippen LogP contribution in [0.25, 0.3) is 66.7 Å². The number of nitrogens with zero attached hydrogens (tertiary/aromatic N) is 3. The molecular formula is C44H40FGeIrN3O-2. The predicted octanol–water partition coefficient (Wildman–Crippen LogP) is 11.4. The van der Waals surface area contributed by atoms with Crippen LogP contribution in [0, 0.1) is 17.9 Å². The zero-order chi connectivity index (χ0) is 35.9. The number of rotatable bonds is 6. The van der Waals surface area contributed by atoms with Crippen LogP contribution in [-0.2, 0) is 26.7 Å². The van der Waals surface area contributed by atoms with Crippen molar-refractivity contribution in [1.29, 1.82) is 0 Å². The van der Waals surface area contributed by atoms with Crippen LogP contribution in [-0.4, -0.2) is 27.8 Å². The molecule has 0 aliphatic carbocycles. The van der Waals surface area contributed by atoms with Gasteiger partial charge in [-0.25, -0.2) is 0 Å². The van der Waals surface area contributed by atoms with Gasteiger partial charge in [0, 0.05) is 32.0 Å². The maximum absolute atomic E-state index is 13.9. The van der Waals surface area contributed by atoms with Gasteiger partial charge in [0.25, 0.3) is 0 Å². The second kappa shape index (κ2) is 15.1. The summed E-state index contributed by atoms with van der Waals surface area (Å²) in [6.45, 7) is 6.71. The average molecular weight is 912 g/mol. The zero-order valence-electron chi connectivity index (χ0n) is 30.6. The van der Waals surface area contributed by atoms with Gasteiger partial charge < -0.3 is 8.98 Å². The Labute approximate surface area is 316 Å². The molecule has 0 amide bonds. The van der Waals surface area contributed by atoms with Crippen molar-refractivity contribution in [3.63, 3.8) is 0 Å². The van der Waals surface area contributed by atoms with Crippen LogP contribution < -0.4 is 4.40 Å². The van der Waals surface area contributed by atoms with E-state index >= 15 is 0 Å². The van der Waals surface area contributed by atoms with Crippen LogP contribution >= 0.6 is 0 Å². The summed E-state index contributed by atoms with van der Waals surface area (Å²) in [6, 6.07) is 42.0. The fraction of sp³-hybridized carbons (Fsp3) is 0.182. The van der Waals surface area contributed by atoms with Crippen molar-refractivity contribution in [2.75, 3.05) is 0 Å². The number of aromatic nitrogens is 3. The molecule has 4 nitrogen and oxygen atoms in total. The molecule has 5 aromatic carbocycles. The Morgan fingerprint density at radius 3 is 2.35 bits per heavy atom. The van der Waals surface area contributed by atoms with Crippen molar-refractivity contribution in [2.45, 2.75) is 50.5 Å². The number of furan rings is 1. The third-order valence-corrected chi connectivity index (χ3v) is 13.3. The van der Waals surface area contributed by atoms with Gasteiger partial charge in [-0.2, -0.15) is 0 Å².